The molecule has 1 heterocycles. The average Bonchev–Trinajstić information content (AvgIpc) is 2.03. The zero-order chi connectivity index (χ0) is 10.0. The van der Waals surface area contributed by atoms with Gasteiger partial charge in [0.1, 0.15) is 5.38 Å². The lowest BCUT2D eigenvalue weighted by molar-refractivity contribution is -0.136. The van der Waals surface area contributed by atoms with E-state index in [1.165, 1.54) is 6.42 Å². The highest BCUT2D eigenvalue weighted by Crippen LogP contribution is 2.23. The molecule has 13 heavy (non-hydrogen) atoms. The Bertz CT molecular complexity index is 183. The molecule has 0 saturated carbocycles. The van der Waals surface area contributed by atoms with Crippen LogP contribution < -0.4 is 0 Å². The fourth-order valence-corrected chi connectivity index (χ4v) is 2.17. The van der Waals surface area contributed by atoms with Crippen LogP contribution in [0.3, 0.4) is 0 Å². The van der Waals surface area contributed by atoms with Gasteiger partial charge in [-0.3, -0.25) is 4.79 Å². The van der Waals surface area contributed by atoms with E-state index in [0.717, 1.165) is 12.8 Å². The van der Waals surface area contributed by atoms with Crippen molar-refractivity contribution in [1.82, 2.24) is 4.90 Å². The molecule has 1 rings (SSSR count). The molecule has 0 aliphatic carbocycles. The molecule has 1 fully saturated rings. The molecule has 0 unspecified atom stereocenters. The van der Waals surface area contributed by atoms with Crippen LogP contribution in [-0.4, -0.2) is 28.3 Å². The predicted molar refractivity (Wildman–Crippen MR) is 54.9 cm³/mol. The van der Waals surface area contributed by atoms with Crippen LogP contribution in [0.4, 0.5) is 0 Å². The second-order valence-corrected chi connectivity index (χ2v) is 4.65. The van der Waals surface area contributed by atoms with Crippen LogP contribution in [0.2, 0.25) is 0 Å². The van der Waals surface area contributed by atoms with Crippen molar-refractivity contribution in [2.75, 3.05) is 0 Å². The van der Waals surface area contributed by atoms with Gasteiger partial charge < -0.3 is 4.90 Å². The number of carbonyl (C=O) groups excluding carboxylic acids is 1. The number of piperidine rings is 1. The number of hydrogen-bond acceptors (Lipinski definition) is 1. The largest absolute Gasteiger partial charge is 0.336 e. The molecule has 1 saturated heterocycles. The molecular formula is C10H18ClNO. The van der Waals surface area contributed by atoms with E-state index in [9.17, 15) is 4.79 Å². The van der Waals surface area contributed by atoms with Gasteiger partial charge in [0.05, 0.1) is 0 Å². The van der Waals surface area contributed by atoms with E-state index in [1.807, 2.05) is 4.90 Å². The zero-order valence-electron chi connectivity index (χ0n) is 8.59. The van der Waals surface area contributed by atoms with Crippen LogP contribution in [0.15, 0.2) is 0 Å². The normalized spacial score (nSPS) is 31.5. The number of nitrogens with zero attached hydrogens (tertiary/aromatic N) is 1. The number of rotatable bonds is 1. The van der Waals surface area contributed by atoms with Crippen molar-refractivity contribution in [3.05, 3.63) is 0 Å². The summed E-state index contributed by atoms with van der Waals surface area (Å²) in [7, 11) is 0. The summed E-state index contributed by atoms with van der Waals surface area (Å²) in [5.74, 6) is 0.0846. The third kappa shape index (κ3) is 2.37. The predicted octanol–water partition coefficient (Wildman–Crippen LogP) is 2.40. The van der Waals surface area contributed by atoms with Crippen LogP contribution in [-0.2, 0) is 4.79 Å². The molecule has 1 aliphatic heterocycles. The Hall–Kier alpha value is -0.240. The quantitative estimate of drug-likeness (QED) is 0.600. The minimum atomic E-state index is -0.386. The third-order valence-corrected chi connectivity index (χ3v) is 2.97. The molecule has 0 spiro atoms. The molecule has 3 atom stereocenters. The maximum atomic E-state index is 11.7. The van der Waals surface area contributed by atoms with E-state index < -0.39 is 0 Å². The van der Waals surface area contributed by atoms with Crippen LogP contribution in [0, 0.1) is 0 Å². The van der Waals surface area contributed by atoms with Crippen molar-refractivity contribution in [2.24, 2.45) is 0 Å². The summed E-state index contributed by atoms with van der Waals surface area (Å²) in [6.45, 7) is 5.96. The standard InChI is InChI=1S/C10H18ClNO/c1-7-5-4-6-8(2)12(7)10(13)9(3)11/h7-9H,4-6H2,1-3H3/t7-,8+,9-/m0/s1. The molecule has 0 radical (unpaired) electrons. The van der Waals surface area contributed by atoms with Gasteiger partial charge in [-0.05, 0) is 40.0 Å². The van der Waals surface area contributed by atoms with Gasteiger partial charge in [-0.1, -0.05) is 0 Å². The summed E-state index contributed by atoms with van der Waals surface area (Å²) in [4.78, 5) is 13.7. The first-order valence-corrected chi connectivity index (χ1v) is 5.44. The molecule has 2 nitrogen and oxygen atoms in total. The lowest BCUT2D eigenvalue weighted by atomic mass is 9.97. The van der Waals surface area contributed by atoms with Crippen molar-refractivity contribution >= 4 is 17.5 Å². The minimum Gasteiger partial charge on any atom is -0.336 e. The monoisotopic (exact) mass is 203 g/mol. The summed E-state index contributed by atoms with van der Waals surface area (Å²) >= 11 is 5.80. The van der Waals surface area contributed by atoms with Crippen molar-refractivity contribution in [3.63, 3.8) is 0 Å². The van der Waals surface area contributed by atoms with Crippen LogP contribution in [0.5, 0.6) is 0 Å². The molecule has 1 aliphatic rings. The van der Waals surface area contributed by atoms with Gasteiger partial charge in [0, 0.05) is 12.1 Å². The molecule has 0 bridgehead atoms. The van der Waals surface area contributed by atoms with E-state index in [1.54, 1.807) is 6.92 Å². The second kappa shape index (κ2) is 4.32. The van der Waals surface area contributed by atoms with Gasteiger partial charge in [0.2, 0.25) is 5.91 Å². The zero-order valence-corrected chi connectivity index (χ0v) is 9.34. The number of halogens is 1. The molecule has 1 amide bonds. The van der Waals surface area contributed by atoms with Gasteiger partial charge >= 0.3 is 0 Å². The molecule has 76 valence electrons. The molecule has 0 aromatic rings. The number of hydrogen-bond donors (Lipinski definition) is 0. The van der Waals surface area contributed by atoms with E-state index in [2.05, 4.69) is 13.8 Å². The van der Waals surface area contributed by atoms with Crippen LogP contribution in [0.25, 0.3) is 0 Å². The Morgan fingerprint density at radius 2 is 1.85 bits per heavy atom. The summed E-state index contributed by atoms with van der Waals surface area (Å²) in [5, 5.41) is -0.386. The summed E-state index contributed by atoms with van der Waals surface area (Å²) < 4.78 is 0. The first-order chi connectivity index (χ1) is 6.04. The Morgan fingerprint density at radius 1 is 1.38 bits per heavy atom. The summed E-state index contributed by atoms with van der Waals surface area (Å²) in [5.41, 5.74) is 0. The topological polar surface area (TPSA) is 20.3 Å². The fraction of sp³-hybridized carbons (Fsp3) is 0.900. The van der Waals surface area contributed by atoms with Gasteiger partial charge in [0.15, 0.2) is 0 Å². The van der Waals surface area contributed by atoms with Crippen molar-refractivity contribution in [1.29, 1.82) is 0 Å². The Labute approximate surface area is 85.2 Å². The second-order valence-electron chi connectivity index (χ2n) is 3.99. The van der Waals surface area contributed by atoms with Crippen LogP contribution in [0.1, 0.15) is 40.0 Å². The van der Waals surface area contributed by atoms with E-state index >= 15 is 0 Å². The summed E-state index contributed by atoms with van der Waals surface area (Å²) in [6, 6.07) is 0.717. The van der Waals surface area contributed by atoms with Crippen molar-refractivity contribution in [3.8, 4) is 0 Å². The highest BCUT2D eigenvalue weighted by atomic mass is 35.5. The van der Waals surface area contributed by atoms with Crippen LogP contribution >= 0.6 is 11.6 Å². The number of likely N-dealkylation sites (tertiary alicyclic amines) is 1. The highest BCUT2D eigenvalue weighted by molar-refractivity contribution is 6.30. The maximum Gasteiger partial charge on any atom is 0.240 e. The average molecular weight is 204 g/mol. The Morgan fingerprint density at radius 3 is 2.23 bits per heavy atom. The maximum absolute atomic E-state index is 11.7. The number of carbonyl (C=O) groups is 1. The van der Waals surface area contributed by atoms with E-state index in [0.29, 0.717) is 12.1 Å². The summed E-state index contributed by atoms with van der Waals surface area (Å²) in [6.07, 6.45) is 3.45. The lowest BCUT2D eigenvalue weighted by Gasteiger charge is -2.39. The lowest BCUT2D eigenvalue weighted by Crippen LogP contribution is -2.49. The Kier molecular flexibility index (Phi) is 3.60. The molecule has 0 N–H and O–H groups in total. The van der Waals surface area contributed by atoms with Crippen molar-refractivity contribution < 1.29 is 4.79 Å². The van der Waals surface area contributed by atoms with E-state index in [-0.39, 0.29) is 11.3 Å². The van der Waals surface area contributed by atoms with E-state index in [4.69, 9.17) is 11.6 Å². The molecule has 0 aromatic carbocycles. The van der Waals surface area contributed by atoms with Gasteiger partial charge in [0.25, 0.3) is 0 Å². The first kappa shape index (κ1) is 10.8. The van der Waals surface area contributed by atoms with Gasteiger partial charge in [-0.2, -0.15) is 0 Å². The molecule has 0 aromatic heterocycles. The number of alkyl halides is 1. The van der Waals surface area contributed by atoms with Gasteiger partial charge in [-0.25, -0.2) is 0 Å². The minimum absolute atomic E-state index is 0.0846. The SMILES string of the molecule is C[C@H](Cl)C(=O)N1[C@H](C)CCC[C@@H]1C. The third-order valence-electron chi connectivity index (χ3n) is 2.79. The molecule has 3 heteroatoms. The van der Waals surface area contributed by atoms with Crippen molar-refractivity contribution in [2.45, 2.75) is 57.5 Å². The number of amides is 1. The first-order valence-electron chi connectivity index (χ1n) is 5.00. The fourth-order valence-electron chi connectivity index (χ4n) is 2.06. The van der Waals surface area contributed by atoms with Gasteiger partial charge in [-0.15, -0.1) is 11.6 Å². The smallest absolute Gasteiger partial charge is 0.240 e. The highest BCUT2D eigenvalue weighted by Gasteiger charge is 2.30. The Balaban J connectivity index is 2.68. The molecular weight excluding hydrogens is 186 g/mol.